The Morgan fingerprint density at radius 2 is 1.65 bits per heavy atom. The van der Waals surface area contributed by atoms with Crippen LogP contribution in [0, 0.1) is 6.92 Å². The van der Waals surface area contributed by atoms with Gasteiger partial charge in [0.1, 0.15) is 10.6 Å². The summed E-state index contributed by atoms with van der Waals surface area (Å²) in [7, 11) is -3.86. The van der Waals surface area contributed by atoms with E-state index in [1.54, 1.807) is 36.4 Å². The van der Waals surface area contributed by atoms with Gasteiger partial charge in [-0.3, -0.25) is 4.90 Å². The summed E-state index contributed by atoms with van der Waals surface area (Å²) < 4.78 is 36.3. The first kappa shape index (κ1) is 21.6. The van der Waals surface area contributed by atoms with Gasteiger partial charge >= 0.3 is 10.1 Å². The summed E-state index contributed by atoms with van der Waals surface area (Å²) in [6.45, 7) is 6.43. The van der Waals surface area contributed by atoms with E-state index in [1.165, 1.54) is 5.56 Å². The van der Waals surface area contributed by atoms with Crippen LogP contribution in [0.4, 0.5) is 0 Å². The highest BCUT2D eigenvalue weighted by Crippen LogP contribution is 2.30. The van der Waals surface area contributed by atoms with E-state index in [2.05, 4.69) is 36.1 Å². The number of hydrogen-bond acceptors (Lipinski definition) is 5. The molecular weight excluding hydrogens is 410 g/mol. The van der Waals surface area contributed by atoms with Gasteiger partial charge in [0.15, 0.2) is 0 Å². The summed E-state index contributed by atoms with van der Waals surface area (Å²) in [5.41, 5.74) is 3.28. The van der Waals surface area contributed by atoms with E-state index in [0.29, 0.717) is 12.6 Å². The van der Waals surface area contributed by atoms with Gasteiger partial charge in [-0.05, 0) is 49.2 Å². The Kier molecular flexibility index (Phi) is 6.41. The van der Waals surface area contributed by atoms with Crippen LogP contribution in [0.25, 0.3) is 0 Å². The summed E-state index contributed by atoms with van der Waals surface area (Å²) in [6, 6.07) is 24.5. The second kappa shape index (κ2) is 9.22. The monoisotopic (exact) mass is 437 g/mol. The third-order valence-corrected chi connectivity index (χ3v) is 6.96. The van der Waals surface area contributed by atoms with Crippen LogP contribution < -0.4 is 4.18 Å². The van der Waals surface area contributed by atoms with Crippen molar-refractivity contribution < 1.29 is 17.3 Å². The minimum absolute atomic E-state index is 0.0670. The van der Waals surface area contributed by atoms with Crippen molar-refractivity contribution in [1.82, 2.24) is 4.90 Å². The first-order valence-corrected chi connectivity index (χ1v) is 11.8. The second-order valence-corrected chi connectivity index (χ2v) is 9.41. The lowest BCUT2D eigenvalue weighted by Crippen LogP contribution is -2.39. The summed E-state index contributed by atoms with van der Waals surface area (Å²) >= 11 is 0. The molecule has 0 amide bonds. The molecule has 1 heterocycles. The Hall–Kier alpha value is -2.67. The highest BCUT2D eigenvalue weighted by Gasteiger charge is 2.26. The van der Waals surface area contributed by atoms with E-state index in [4.69, 9.17) is 8.92 Å². The Bertz CT molecular complexity index is 1100. The normalized spacial score (nSPS) is 18.5. The smallest absolute Gasteiger partial charge is 0.339 e. The van der Waals surface area contributed by atoms with Crippen molar-refractivity contribution in [3.8, 4) is 5.75 Å². The van der Waals surface area contributed by atoms with Crippen LogP contribution in [-0.4, -0.2) is 33.0 Å². The summed E-state index contributed by atoms with van der Waals surface area (Å²) in [5.74, 6) is 0.287. The Labute approximate surface area is 184 Å². The Morgan fingerprint density at radius 1 is 0.968 bits per heavy atom. The van der Waals surface area contributed by atoms with Crippen LogP contribution in [-0.2, 0) is 14.9 Å². The Balaban J connectivity index is 1.43. The molecule has 1 unspecified atom stereocenters. The molecule has 1 saturated heterocycles. The van der Waals surface area contributed by atoms with Crippen molar-refractivity contribution in [2.45, 2.75) is 30.9 Å². The molecule has 0 radical (unpaired) electrons. The van der Waals surface area contributed by atoms with Crippen molar-refractivity contribution in [2.75, 3.05) is 19.7 Å². The molecule has 4 rings (SSSR count). The van der Waals surface area contributed by atoms with Crippen LogP contribution in [0.5, 0.6) is 5.75 Å². The molecule has 0 bridgehead atoms. The summed E-state index contributed by atoms with van der Waals surface area (Å²) in [6.07, 6.45) is -0.0670. The quantitative estimate of drug-likeness (QED) is 0.514. The van der Waals surface area contributed by atoms with E-state index in [9.17, 15) is 8.42 Å². The number of hydrogen-bond donors (Lipinski definition) is 0. The fourth-order valence-electron chi connectivity index (χ4n) is 3.78. The van der Waals surface area contributed by atoms with E-state index in [-0.39, 0.29) is 16.7 Å². The predicted octanol–water partition coefficient (Wildman–Crippen LogP) is 4.90. The maximum atomic E-state index is 12.5. The van der Waals surface area contributed by atoms with E-state index in [1.807, 2.05) is 25.1 Å². The third-order valence-electron chi connectivity index (χ3n) is 5.70. The molecule has 1 aliphatic heterocycles. The molecular formula is C25H27NO4S. The van der Waals surface area contributed by atoms with E-state index in [0.717, 1.165) is 24.2 Å². The standard InChI is InChI=1S/C25H27NO4S/c1-19-8-14-24(15-9-19)31(27,28)30-23-12-10-22(11-13-23)25-18-26(16-17-29-25)20(2)21-6-4-3-5-7-21/h3-15,20,25H,16-18H2,1-2H3/t20-,25?/m0/s1. The largest absolute Gasteiger partial charge is 0.379 e. The highest BCUT2D eigenvalue weighted by atomic mass is 32.2. The van der Waals surface area contributed by atoms with Crippen LogP contribution in [0.15, 0.2) is 83.8 Å². The van der Waals surface area contributed by atoms with Crippen molar-refractivity contribution in [2.24, 2.45) is 0 Å². The molecule has 162 valence electrons. The zero-order valence-corrected chi connectivity index (χ0v) is 18.6. The van der Waals surface area contributed by atoms with Crippen molar-refractivity contribution in [3.05, 3.63) is 95.6 Å². The molecule has 0 aromatic heterocycles. The first-order valence-electron chi connectivity index (χ1n) is 10.4. The van der Waals surface area contributed by atoms with Crippen molar-refractivity contribution in [1.29, 1.82) is 0 Å². The van der Waals surface area contributed by atoms with Gasteiger partial charge in [0, 0.05) is 19.1 Å². The molecule has 0 N–H and O–H groups in total. The maximum absolute atomic E-state index is 12.5. The number of morpholine rings is 1. The minimum Gasteiger partial charge on any atom is -0.379 e. The fraction of sp³-hybridized carbons (Fsp3) is 0.280. The molecule has 5 nitrogen and oxygen atoms in total. The molecule has 3 aromatic carbocycles. The fourth-order valence-corrected chi connectivity index (χ4v) is 4.71. The van der Waals surface area contributed by atoms with Gasteiger partial charge < -0.3 is 8.92 Å². The van der Waals surface area contributed by atoms with Gasteiger partial charge in [-0.25, -0.2) is 0 Å². The van der Waals surface area contributed by atoms with Crippen LogP contribution >= 0.6 is 0 Å². The number of nitrogens with zero attached hydrogens (tertiary/aromatic N) is 1. The molecule has 31 heavy (non-hydrogen) atoms. The number of rotatable bonds is 6. The topological polar surface area (TPSA) is 55.8 Å². The zero-order chi connectivity index (χ0) is 21.8. The number of aryl methyl sites for hydroxylation is 1. The number of benzene rings is 3. The van der Waals surface area contributed by atoms with Crippen LogP contribution in [0.1, 0.15) is 35.8 Å². The lowest BCUT2D eigenvalue weighted by molar-refractivity contribution is -0.0431. The molecule has 0 spiro atoms. The molecule has 0 saturated carbocycles. The average Bonchev–Trinajstić information content (AvgIpc) is 2.80. The SMILES string of the molecule is Cc1ccc(S(=O)(=O)Oc2ccc(C3CN([C@@H](C)c4ccccc4)CCO3)cc2)cc1. The zero-order valence-electron chi connectivity index (χ0n) is 17.8. The molecule has 1 aliphatic rings. The van der Waals surface area contributed by atoms with Crippen LogP contribution in [0.3, 0.4) is 0 Å². The van der Waals surface area contributed by atoms with Gasteiger partial charge in [-0.15, -0.1) is 0 Å². The highest BCUT2D eigenvalue weighted by molar-refractivity contribution is 7.87. The summed E-state index contributed by atoms with van der Waals surface area (Å²) in [4.78, 5) is 2.55. The van der Waals surface area contributed by atoms with Crippen molar-refractivity contribution in [3.63, 3.8) is 0 Å². The van der Waals surface area contributed by atoms with Gasteiger partial charge in [0.05, 0.1) is 12.7 Å². The lowest BCUT2D eigenvalue weighted by atomic mass is 10.0. The van der Waals surface area contributed by atoms with Crippen molar-refractivity contribution >= 4 is 10.1 Å². The van der Waals surface area contributed by atoms with Gasteiger partial charge in [-0.1, -0.05) is 60.2 Å². The molecule has 6 heteroatoms. The minimum atomic E-state index is -3.86. The maximum Gasteiger partial charge on any atom is 0.339 e. The molecule has 0 aliphatic carbocycles. The van der Waals surface area contributed by atoms with E-state index < -0.39 is 10.1 Å². The second-order valence-electron chi connectivity index (χ2n) is 7.86. The average molecular weight is 438 g/mol. The van der Waals surface area contributed by atoms with Crippen LogP contribution in [0.2, 0.25) is 0 Å². The van der Waals surface area contributed by atoms with E-state index >= 15 is 0 Å². The van der Waals surface area contributed by atoms with Gasteiger partial charge in [-0.2, -0.15) is 8.42 Å². The molecule has 2 atom stereocenters. The summed E-state index contributed by atoms with van der Waals surface area (Å²) in [5, 5.41) is 0. The lowest BCUT2D eigenvalue weighted by Gasteiger charge is -2.37. The Morgan fingerprint density at radius 3 is 2.32 bits per heavy atom. The third kappa shape index (κ3) is 5.15. The van der Waals surface area contributed by atoms with Gasteiger partial charge in [0.2, 0.25) is 0 Å². The number of ether oxygens (including phenoxy) is 1. The van der Waals surface area contributed by atoms with Gasteiger partial charge in [0.25, 0.3) is 0 Å². The molecule has 1 fully saturated rings. The molecule has 3 aromatic rings. The predicted molar refractivity (Wildman–Crippen MR) is 121 cm³/mol. The first-order chi connectivity index (χ1) is 14.9.